The van der Waals surface area contributed by atoms with Crippen LogP contribution in [0.5, 0.6) is 0 Å². The van der Waals surface area contributed by atoms with E-state index in [-0.39, 0.29) is 0 Å². The minimum absolute atomic E-state index is 0.372. The molecule has 0 amide bonds. The smallest absolute Gasteiger partial charge is 0.249 e. The van der Waals surface area contributed by atoms with Crippen molar-refractivity contribution in [3.63, 3.8) is 0 Å². The van der Waals surface area contributed by atoms with E-state index >= 15 is 0 Å². The van der Waals surface area contributed by atoms with Crippen molar-refractivity contribution in [3.8, 4) is 23.2 Å². The minimum atomic E-state index is 0.372. The first-order valence-electron chi connectivity index (χ1n) is 4.17. The van der Waals surface area contributed by atoms with Gasteiger partial charge in [0.25, 0.3) is 0 Å². The van der Waals surface area contributed by atoms with Gasteiger partial charge in [-0.25, -0.2) is 15.0 Å². The molecule has 0 saturated heterocycles. The number of rotatable bonds is 2. The third-order valence-electron chi connectivity index (χ3n) is 1.81. The molecule has 74 valence electrons. The van der Waals surface area contributed by atoms with Crippen LogP contribution in [0.25, 0.3) is 23.2 Å². The first-order valence-corrected chi connectivity index (χ1v) is 4.17. The molecule has 15 heavy (non-hydrogen) atoms. The van der Waals surface area contributed by atoms with Crippen molar-refractivity contribution in [2.24, 2.45) is 0 Å². The molecule has 0 atom stereocenters. The maximum atomic E-state index is 5.20. The van der Waals surface area contributed by atoms with Crippen LogP contribution in [0.2, 0.25) is 0 Å². The van der Waals surface area contributed by atoms with Crippen molar-refractivity contribution in [1.82, 2.24) is 15.0 Å². The number of nitrogens with zero attached hydrogens (tertiary/aromatic N) is 3. The molecular weight excluding hydrogens is 198 g/mol. The summed E-state index contributed by atoms with van der Waals surface area (Å²) in [7, 11) is 0. The Bertz CT molecular complexity index is 490. The van der Waals surface area contributed by atoms with E-state index in [1.165, 1.54) is 25.2 Å². The van der Waals surface area contributed by atoms with Gasteiger partial charge < -0.3 is 13.3 Å². The predicted molar refractivity (Wildman–Crippen MR) is 47.5 cm³/mol. The number of hydrogen-bond acceptors (Lipinski definition) is 6. The van der Waals surface area contributed by atoms with Crippen molar-refractivity contribution < 1.29 is 13.3 Å². The summed E-state index contributed by atoms with van der Waals surface area (Å²) < 4.78 is 15.1. The average molecular weight is 203 g/mol. The lowest BCUT2D eigenvalue weighted by atomic mass is 10.4. The Balaban J connectivity index is 2.02. The van der Waals surface area contributed by atoms with Crippen LogP contribution in [0.15, 0.2) is 44.6 Å². The van der Waals surface area contributed by atoms with Crippen LogP contribution in [0.3, 0.4) is 0 Å². The zero-order chi connectivity index (χ0) is 10.1. The molecule has 0 bridgehead atoms. The first kappa shape index (κ1) is 7.98. The highest BCUT2D eigenvalue weighted by atomic mass is 16.4. The van der Waals surface area contributed by atoms with Gasteiger partial charge in [0.2, 0.25) is 11.8 Å². The summed E-state index contributed by atoms with van der Waals surface area (Å²) >= 11 is 0. The van der Waals surface area contributed by atoms with Gasteiger partial charge in [-0.3, -0.25) is 0 Å². The van der Waals surface area contributed by atoms with Gasteiger partial charge in [0.1, 0.15) is 18.8 Å². The summed E-state index contributed by atoms with van der Waals surface area (Å²) in [4.78, 5) is 12.0. The molecule has 0 saturated carbocycles. The highest BCUT2D eigenvalue weighted by molar-refractivity contribution is 5.52. The van der Waals surface area contributed by atoms with Gasteiger partial charge in [-0.1, -0.05) is 0 Å². The fourth-order valence-electron chi connectivity index (χ4n) is 1.16. The van der Waals surface area contributed by atoms with E-state index in [2.05, 4.69) is 15.0 Å². The maximum absolute atomic E-state index is 5.20. The number of hydrogen-bond donors (Lipinski definition) is 0. The normalized spacial score (nSPS) is 10.7. The van der Waals surface area contributed by atoms with Gasteiger partial charge in [0.15, 0.2) is 17.8 Å². The molecular formula is C9H5N3O3. The van der Waals surface area contributed by atoms with E-state index in [0.29, 0.717) is 23.2 Å². The molecule has 6 nitrogen and oxygen atoms in total. The molecule has 3 heterocycles. The van der Waals surface area contributed by atoms with E-state index in [1.54, 1.807) is 6.20 Å². The van der Waals surface area contributed by atoms with Gasteiger partial charge >= 0.3 is 0 Å². The Morgan fingerprint density at radius 2 is 1.93 bits per heavy atom. The summed E-state index contributed by atoms with van der Waals surface area (Å²) in [6.45, 7) is 0. The van der Waals surface area contributed by atoms with Crippen molar-refractivity contribution in [2.75, 3.05) is 0 Å². The standard InChI is InChI=1S/C9H5N3O3/c1-2-14-8(10-1)7-4-15-9(12-7)6-3-13-5-11-6/h1-5H. The molecule has 3 rings (SSSR count). The summed E-state index contributed by atoms with van der Waals surface area (Å²) in [6.07, 6.45) is 7.23. The second kappa shape index (κ2) is 3.09. The largest absolute Gasteiger partial charge is 0.451 e. The van der Waals surface area contributed by atoms with Crippen LogP contribution in [-0.2, 0) is 0 Å². The Hall–Kier alpha value is -2.37. The number of aromatic nitrogens is 3. The summed E-state index contributed by atoms with van der Waals surface area (Å²) in [5.74, 6) is 0.783. The van der Waals surface area contributed by atoms with Crippen LogP contribution in [-0.4, -0.2) is 15.0 Å². The Labute approximate surface area is 83.6 Å². The van der Waals surface area contributed by atoms with Crippen LogP contribution in [0.4, 0.5) is 0 Å². The topological polar surface area (TPSA) is 78.1 Å². The number of oxazole rings is 3. The van der Waals surface area contributed by atoms with Gasteiger partial charge in [-0.05, 0) is 0 Å². The molecule has 3 aromatic rings. The lowest BCUT2D eigenvalue weighted by Crippen LogP contribution is -1.78. The molecule has 0 N–H and O–H groups in total. The molecule has 0 aliphatic rings. The van der Waals surface area contributed by atoms with E-state index in [0.717, 1.165) is 0 Å². The fraction of sp³-hybridized carbons (Fsp3) is 0. The van der Waals surface area contributed by atoms with Gasteiger partial charge in [-0.2, -0.15) is 0 Å². The zero-order valence-electron chi connectivity index (χ0n) is 7.45. The van der Waals surface area contributed by atoms with E-state index in [9.17, 15) is 0 Å². The monoisotopic (exact) mass is 203 g/mol. The molecule has 0 aromatic carbocycles. The van der Waals surface area contributed by atoms with Gasteiger partial charge in [0.05, 0.1) is 6.20 Å². The molecule has 0 aliphatic heterocycles. The SMILES string of the molecule is c1coc(-c2coc(-c3cocn3)n2)n1. The molecule has 0 aliphatic carbocycles. The second-order valence-corrected chi connectivity index (χ2v) is 2.75. The maximum Gasteiger partial charge on any atom is 0.249 e. The van der Waals surface area contributed by atoms with Crippen molar-refractivity contribution in [1.29, 1.82) is 0 Å². The summed E-state index contributed by atoms with van der Waals surface area (Å²) in [5, 5.41) is 0. The van der Waals surface area contributed by atoms with Crippen LogP contribution in [0, 0.1) is 0 Å². The van der Waals surface area contributed by atoms with E-state index < -0.39 is 0 Å². The Morgan fingerprint density at radius 1 is 0.933 bits per heavy atom. The second-order valence-electron chi connectivity index (χ2n) is 2.75. The Kier molecular flexibility index (Phi) is 1.64. The molecule has 6 heteroatoms. The van der Waals surface area contributed by atoms with Crippen molar-refractivity contribution in [3.05, 3.63) is 31.4 Å². The lowest BCUT2D eigenvalue weighted by molar-refractivity contribution is 0.553. The molecule has 0 unspecified atom stereocenters. The molecule has 0 fully saturated rings. The quantitative estimate of drug-likeness (QED) is 0.633. The molecule has 0 radical (unpaired) electrons. The van der Waals surface area contributed by atoms with Gasteiger partial charge in [0, 0.05) is 0 Å². The third kappa shape index (κ3) is 1.32. The summed E-state index contributed by atoms with van der Waals surface area (Å²) in [6, 6.07) is 0. The molecule has 3 aromatic heterocycles. The predicted octanol–water partition coefficient (Wildman–Crippen LogP) is 1.98. The van der Waals surface area contributed by atoms with Crippen LogP contribution >= 0.6 is 0 Å². The Morgan fingerprint density at radius 3 is 2.67 bits per heavy atom. The van der Waals surface area contributed by atoms with Crippen molar-refractivity contribution >= 4 is 0 Å². The minimum Gasteiger partial charge on any atom is -0.451 e. The highest BCUT2D eigenvalue weighted by Gasteiger charge is 2.12. The summed E-state index contributed by atoms with van der Waals surface area (Å²) in [5.41, 5.74) is 1.06. The lowest BCUT2D eigenvalue weighted by Gasteiger charge is -1.83. The first-order chi connectivity index (χ1) is 7.43. The fourth-order valence-corrected chi connectivity index (χ4v) is 1.16. The van der Waals surface area contributed by atoms with Crippen molar-refractivity contribution in [2.45, 2.75) is 0 Å². The highest BCUT2D eigenvalue weighted by Crippen LogP contribution is 2.21. The van der Waals surface area contributed by atoms with Crippen LogP contribution < -0.4 is 0 Å². The third-order valence-corrected chi connectivity index (χ3v) is 1.81. The van der Waals surface area contributed by atoms with Gasteiger partial charge in [-0.15, -0.1) is 0 Å². The van der Waals surface area contributed by atoms with Crippen LogP contribution in [0.1, 0.15) is 0 Å². The molecule has 0 spiro atoms. The van der Waals surface area contributed by atoms with E-state index in [4.69, 9.17) is 13.3 Å². The van der Waals surface area contributed by atoms with E-state index in [1.807, 2.05) is 0 Å². The average Bonchev–Trinajstić information content (AvgIpc) is 3.02. The zero-order valence-corrected chi connectivity index (χ0v) is 7.45.